The summed E-state index contributed by atoms with van der Waals surface area (Å²) in [7, 11) is 1.37. The van der Waals surface area contributed by atoms with E-state index in [0.717, 1.165) is 6.42 Å². The molecule has 3 nitrogen and oxygen atoms in total. The van der Waals surface area contributed by atoms with Crippen LogP contribution in [0.3, 0.4) is 0 Å². The molecular formula is C13H18O3. The Balaban J connectivity index is 2.55. The minimum atomic E-state index is -0.256. The van der Waals surface area contributed by atoms with E-state index >= 15 is 0 Å². The number of ketones is 1. The topological polar surface area (TPSA) is 43.4 Å². The van der Waals surface area contributed by atoms with Crippen LogP contribution in [-0.2, 0) is 14.3 Å². The van der Waals surface area contributed by atoms with Gasteiger partial charge in [-0.2, -0.15) is 0 Å². The lowest BCUT2D eigenvalue weighted by molar-refractivity contribution is -0.141. The molecule has 0 aromatic carbocycles. The molecule has 0 unspecified atom stereocenters. The number of hydrogen-bond acceptors (Lipinski definition) is 3. The third kappa shape index (κ3) is 3.33. The van der Waals surface area contributed by atoms with Gasteiger partial charge in [0.25, 0.3) is 0 Å². The van der Waals surface area contributed by atoms with Gasteiger partial charge in [0.05, 0.1) is 13.5 Å². The van der Waals surface area contributed by atoms with E-state index in [-0.39, 0.29) is 23.6 Å². The molecule has 0 bridgehead atoms. The molecule has 2 atom stereocenters. The summed E-state index contributed by atoms with van der Waals surface area (Å²) in [6.07, 6.45) is 9.43. The molecule has 1 aliphatic rings. The first-order valence-corrected chi connectivity index (χ1v) is 5.62. The third-order valence-electron chi connectivity index (χ3n) is 2.81. The highest BCUT2D eigenvalue weighted by atomic mass is 16.5. The van der Waals surface area contributed by atoms with Crippen LogP contribution in [0, 0.1) is 11.8 Å². The van der Waals surface area contributed by atoms with Gasteiger partial charge >= 0.3 is 5.97 Å². The predicted octanol–water partition coefficient (Wildman–Crippen LogP) is 2.28. The SMILES string of the molecule is CC/C=C\C[C@@H]1C(=O)C=C[C@H]1CC(=O)OC. The van der Waals surface area contributed by atoms with Gasteiger partial charge in [0.15, 0.2) is 5.78 Å². The van der Waals surface area contributed by atoms with E-state index in [9.17, 15) is 9.59 Å². The molecule has 0 N–H and O–H groups in total. The van der Waals surface area contributed by atoms with E-state index < -0.39 is 0 Å². The van der Waals surface area contributed by atoms with Crippen LogP contribution in [0.25, 0.3) is 0 Å². The zero-order valence-corrected chi connectivity index (χ0v) is 9.81. The number of hydrogen-bond donors (Lipinski definition) is 0. The highest BCUT2D eigenvalue weighted by Crippen LogP contribution is 2.28. The molecule has 0 heterocycles. The first kappa shape index (κ1) is 12.7. The molecule has 0 aromatic rings. The summed E-state index contributed by atoms with van der Waals surface area (Å²) in [4.78, 5) is 22.7. The van der Waals surface area contributed by atoms with Gasteiger partial charge in [-0.3, -0.25) is 9.59 Å². The zero-order valence-electron chi connectivity index (χ0n) is 9.81. The van der Waals surface area contributed by atoms with Gasteiger partial charge in [-0.15, -0.1) is 0 Å². The van der Waals surface area contributed by atoms with Gasteiger partial charge in [0, 0.05) is 5.92 Å². The fraction of sp³-hybridized carbons (Fsp3) is 0.538. The van der Waals surface area contributed by atoms with Gasteiger partial charge in [-0.1, -0.05) is 25.2 Å². The number of esters is 1. The fourth-order valence-corrected chi connectivity index (χ4v) is 1.87. The molecule has 0 saturated carbocycles. The summed E-state index contributed by atoms with van der Waals surface area (Å²) >= 11 is 0. The Morgan fingerprint density at radius 2 is 2.25 bits per heavy atom. The number of carbonyl (C=O) groups excluding carboxylic acids is 2. The Labute approximate surface area is 96.2 Å². The van der Waals surface area contributed by atoms with Crippen LogP contribution >= 0.6 is 0 Å². The molecule has 3 heteroatoms. The number of rotatable bonds is 5. The van der Waals surface area contributed by atoms with Gasteiger partial charge in [0.1, 0.15) is 0 Å². The Kier molecular flexibility index (Phi) is 4.96. The molecule has 0 fully saturated rings. The minimum Gasteiger partial charge on any atom is -0.469 e. The molecule has 0 aliphatic heterocycles. The first-order chi connectivity index (χ1) is 7.69. The van der Waals surface area contributed by atoms with Crippen molar-refractivity contribution >= 4 is 11.8 Å². The number of ether oxygens (including phenoxy) is 1. The van der Waals surface area contributed by atoms with E-state index in [1.54, 1.807) is 6.08 Å². The quantitative estimate of drug-likeness (QED) is 0.529. The van der Waals surface area contributed by atoms with Crippen molar-refractivity contribution in [1.82, 2.24) is 0 Å². The van der Waals surface area contributed by atoms with Crippen LogP contribution < -0.4 is 0 Å². The van der Waals surface area contributed by atoms with Crippen LogP contribution in [0.5, 0.6) is 0 Å². The van der Waals surface area contributed by atoms with E-state index in [1.165, 1.54) is 7.11 Å². The molecule has 1 aliphatic carbocycles. The largest absolute Gasteiger partial charge is 0.469 e. The van der Waals surface area contributed by atoms with Crippen molar-refractivity contribution in [3.63, 3.8) is 0 Å². The number of methoxy groups -OCH3 is 1. The third-order valence-corrected chi connectivity index (χ3v) is 2.81. The normalized spacial score (nSPS) is 24.2. The van der Waals surface area contributed by atoms with Crippen molar-refractivity contribution in [3.8, 4) is 0 Å². The Hall–Kier alpha value is -1.38. The second kappa shape index (κ2) is 6.26. The highest BCUT2D eigenvalue weighted by Gasteiger charge is 2.30. The monoisotopic (exact) mass is 222 g/mol. The maximum Gasteiger partial charge on any atom is 0.306 e. The van der Waals surface area contributed by atoms with Crippen LogP contribution in [0.1, 0.15) is 26.2 Å². The predicted molar refractivity (Wildman–Crippen MR) is 61.8 cm³/mol. The Morgan fingerprint density at radius 3 is 2.88 bits per heavy atom. The molecule has 16 heavy (non-hydrogen) atoms. The Morgan fingerprint density at radius 1 is 1.50 bits per heavy atom. The molecule has 0 radical (unpaired) electrons. The molecular weight excluding hydrogens is 204 g/mol. The molecule has 0 saturated heterocycles. The van der Waals surface area contributed by atoms with E-state index in [1.807, 2.05) is 18.2 Å². The standard InChI is InChI=1S/C13H18O3/c1-3-4-5-6-11-10(7-8-12(11)14)9-13(15)16-2/h4-5,7-8,10-11H,3,6,9H2,1-2H3/b5-4-/t10-,11-/m0/s1. The first-order valence-electron chi connectivity index (χ1n) is 5.62. The van der Waals surface area contributed by atoms with Crippen molar-refractivity contribution < 1.29 is 14.3 Å². The lowest BCUT2D eigenvalue weighted by atomic mass is 9.89. The average Bonchev–Trinajstić information content (AvgIpc) is 2.61. The second-order valence-electron chi connectivity index (χ2n) is 3.93. The molecule has 0 amide bonds. The zero-order chi connectivity index (χ0) is 12.0. The Bertz CT molecular complexity index is 315. The molecule has 1 rings (SSSR count). The fourth-order valence-electron chi connectivity index (χ4n) is 1.87. The summed E-state index contributed by atoms with van der Waals surface area (Å²) in [5.41, 5.74) is 0. The van der Waals surface area contributed by atoms with Crippen molar-refractivity contribution in [1.29, 1.82) is 0 Å². The number of allylic oxidation sites excluding steroid dienone is 4. The van der Waals surface area contributed by atoms with Crippen LogP contribution in [-0.4, -0.2) is 18.9 Å². The van der Waals surface area contributed by atoms with E-state index in [0.29, 0.717) is 12.8 Å². The van der Waals surface area contributed by atoms with Crippen molar-refractivity contribution in [2.75, 3.05) is 7.11 Å². The van der Waals surface area contributed by atoms with E-state index in [4.69, 9.17) is 0 Å². The summed E-state index contributed by atoms with van der Waals surface area (Å²) in [5, 5.41) is 0. The van der Waals surface area contributed by atoms with Crippen molar-refractivity contribution in [3.05, 3.63) is 24.3 Å². The van der Waals surface area contributed by atoms with Crippen molar-refractivity contribution in [2.24, 2.45) is 11.8 Å². The van der Waals surface area contributed by atoms with Gasteiger partial charge in [-0.05, 0) is 24.8 Å². The summed E-state index contributed by atoms with van der Waals surface area (Å²) < 4.78 is 4.62. The summed E-state index contributed by atoms with van der Waals surface area (Å²) in [6.45, 7) is 2.05. The van der Waals surface area contributed by atoms with Crippen LogP contribution in [0.2, 0.25) is 0 Å². The molecule has 88 valence electrons. The van der Waals surface area contributed by atoms with Gasteiger partial charge < -0.3 is 4.74 Å². The van der Waals surface area contributed by atoms with E-state index in [2.05, 4.69) is 11.7 Å². The lowest BCUT2D eigenvalue weighted by Gasteiger charge is -2.14. The minimum absolute atomic E-state index is 0.00135. The van der Waals surface area contributed by atoms with Gasteiger partial charge in [0.2, 0.25) is 0 Å². The molecule has 0 spiro atoms. The van der Waals surface area contributed by atoms with Crippen LogP contribution in [0.4, 0.5) is 0 Å². The number of carbonyl (C=O) groups is 2. The van der Waals surface area contributed by atoms with Gasteiger partial charge in [-0.25, -0.2) is 0 Å². The van der Waals surface area contributed by atoms with Crippen molar-refractivity contribution in [2.45, 2.75) is 26.2 Å². The average molecular weight is 222 g/mol. The van der Waals surface area contributed by atoms with Crippen LogP contribution in [0.15, 0.2) is 24.3 Å². The smallest absolute Gasteiger partial charge is 0.306 e. The highest BCUT2D eigenvalue weighted by molar-refractivity contribution is 5.95. The maximum atomic E-state index is 11.6. The lowest BCUT2D eigenvalue weighted by Crippen LogP contribution is -2.18. The summed E-state index contributed by atoms with van der Waals surface area (Å²) in [5.74, 6) is -0.216. The second-order valence-corrected chi connectivity index (χ2v) is 3.93. The maximum absolute atomic E-state index is 11.6. The summed E-state index contributed by atoms with van der Waals surface area (Å²) in [6, 6.07) is 0. The molecule has 0 aromatic heterocycles.